The van der Waals surface area contributed by atoms with E-state index in [0.717, 1.165) is 0 Å². The largest absolute Gasteiger partial charge is 0.391 e. The third-order valence-electron chi connectivity index (χ3n) is 0.959. The fraction of sp³-hybridized carbons (Fsp3) is 0.667. The number of esters is 2. The Hall–Kier alpha value is -1.14. The molecule has 0 N–H and O–H groups in total. The van der Waals surface area contributed by atoms with E-state index in [1.165, 1.54) is 0 Å². The molecule has 0 bridgehead atoms. The number of carbonyl (C=O) groups is 2. The number of ether oxygens (including phenoxy) is 1. The molecule has 13 heavy (non-hydrogen) atoms. The molecule has 0 aromatic heterocycles. The van der Waals surface area contributed by atoms with Crippen molar-refractivity contribution in [1.82, 2.24) is 0 Å². The first-order chi connectivity index (χ1) is 5.99. The molecule has 0 aromatic rings. The van der Waals surface area contributed by atoms with Gasteiger partial charge >= 0.3 is 11.9 Å². The maximum absolute atomic E-state index is 12.0. The van der Waals surface area contributed by atoms with Crippen LogP contribution in [0.2, 0.25) is 0 Å². The molecule has 0 fully saturated rings. The highest BCUT2D eigenvalue weighted by molar-refractivity contribution is 5.88. The van der Waals surface area contributed by atoms with E-state index in [-0.39, 0.29) is 1.43 Å². The van der Waals surface area contributed by atoms with E-state index >= 15 is 0 Å². The van der Waals surface area contributed by atoms with Crippen LogP contribution in [0.1, 0.15) is 7.85 Å². The zero-order valence-electron chi connectivity index (χ0n) is 6.31. The minimum Gasteiger partial charge on any atom is -0.391 e. The van der Waals surface area contributed by atoms with Gasteiger partial charge in [0.15, 0.2) is 0 Å². The molecule has 0 aliphatic carbocycles. The number of halogens is 4. The van der Waals surface area contributed by atoms with Crippen LogP contribution in [0.4, 0.5) is 17.6 Å². The Kier molecular flexibility index (Phi) is 5.01. The van der Waals surface area contributed by atoms with Crippen LogP contribution in [0.25, 0.3) is 0 Å². The lowest BCUT2D eigenvalue weighted by Crippen LogP contribution is -2.28. The van der Waals surface area contributed by atoms with Crippen LogP contribution in [0.3, 0.4) is 0 Å². The van der Waals surface area contributed by atoms with Crippen LogP contribution < -0.4 is 0 Å². The first kappa shape index (κ1) is 11.9. The summed E-state index contributed by atoms with van der Waals surface area (Å²) in [7, 11) is 0. The Morgan fingerprint density at radius 2 is 1.85 bits per heavy atom. The van der Waals surface area contributed by atoms with Crippen molar-refractivity contribution in [2.75, 3.05) is 6.67 Å². The first-order valence-electron chi connectivity index (χ1n) is 3.21. The Morgan fingerprint density at radius 1 is 1.31 bits per heavy atom. The van der Waals surface area contributed by atoms with E-state index in [9.17, 15) is 27.2 Å². The lowest BCUT2D eigenvalue weighted by atomic mass is 10.4. The summed E-state index contributed by atoms with van der Waals surface area (Å²) < 4.78 is 49.9. The summed E-state index contributed by atoms with van der Waals surface area (Å²) in [5.41, 5.74) is 0. The third-order valence-corrected chi connectivity index (χ3v) is 0.959. The van der Waals surface area contributed by atoms with E-state index in [4.69, 9.17) is 0 Å². The second kappa shape index (κ2) is 5.50. The second-order valence-corrected chi connectivity index (χ2v) is 1.97. The van der Waals surface area contributed by atoms with Crippen molar-refractivity contribution in [2.45, 2.75) is 19.0 Å². The number of hydrogen-bond acceptors (Lipinski definition) is 3. The molecule has 0 radical (unpaired) electrons. The van der Waals surface area contributed by atoms with Gasteiger partial charge in [-0.15, -0.1) is 0 Å². The van der Waals surface area contributed by atoms with Crippen LogP contribution in [0.5, 0.6) is 0 Å². The maximum Gasteiger partial charge on any atom is 0.354 e. The molecule has 0 amide bonds. The van der Waals surface area contributed by atoms with Gasteiger partial charge in [0.05, 0.1) is 13.1 Å². The van der Waals surface area contributed by atoms with E-state index in [0.29, 0.717) is 0 Å². The van der Waals surface area contributed by atoms with Crippen LogP contribution >= 0.6 is 0 Å². The van der Waals surface area contributed by atoms with Gasteiger partial charge in [-0.3, -0.25) is 9.18 Å². The Labute approximate surface area is 72.1 Å². The van der Waals surface area contributed by atoms with Gasteiger partial charge in [0.2, 0.25) is 0 Å². The fourth-order valence-electron chi connectivity index (χ4n) is 0.400. The summed E-state index contributed by atoms with van der Waals surface area (Å²) >= 11 is 0. The molecule has 0 aromatic carbocycles. The summed E-state index contributed by atoms with van der Waals surface area (Å²) in [4.78, 5) is 20.5. The second-order valence-electron chi connectivity index (χ2n) is 1.97. The molecule has 0 aliphatic rings. The van der Waals surface area contributed by atoms with Crippen molar-refractivity contribution in [3.05, 3.63) is 0 Å². The highest BCUT2D eigenvalue weighted by Crippen LogP contribution is 2.07. The zero-order chi connectivity index (χ0) is 10.4. The summed E-state index contributed by atoms with van der Waals surface area (Å²) in [6.45, 7) is -1.10. The predicted molar refractivity (Wildman–Crippen MR) is 34.7 cm³/mol. The van der Waals surface area contributed by atoms with Gasteiger partial charge in [0.25, 0.3) is 12.6 Å². The minimum atomic E-state index is -3.55. The average molecular weight is 204 g/mol. The average Bonchev–Trinajstić information content (AvgIpc) is 2.03. The van der Waals surface area contributed by atoms with Gasteiger partial charge in [0, 0.05) is 1.43 Å². The summed E-state index contributed by atoms with van der Waals surface area (Å²) in [5, 5.41) is 0. The number of carbonyl (C=O) groups excluding carboxylic acids is 2. The van der Waals surface area contributed by atoms with Gasteiger partial charge < -0.3 is 4.74 Å². The Morgan fingerprint density at radius 3 is 2.23 bits per heavy atom. The standard InChI is InChI=1S/C6H6F4O3.H2/c7-2-1-3(11)13-6(12)4(8)5(9)10;/h4-5H,1-2H2;1H. The van der Waals surface area contributed by atoms with E-state index in [1.807, 2.05) is 0 Å². The molecule has 1 unspecified atom stereocenters. The summed E-state index contributed by atoms with van der Waals surface area (Å²) in [6, 6.07) is 0. The minimum absolute atomic E-state index is 0. The third kappa shape index (κ3) is 4.44. The monoisotopic (exact) mass is 204 g/mol. The van der Waals surface area contributed by atoms with Gasteiger partial charge in [-0.25, -0.2) is 18.0 Å². The number of hydrogen-bond donors (Lipinski definition) is 0. The molecular formula is C6H8F4O3. The molecule has 1 atom stereocenters. The molecule has 0 saturated carbocycles. The highest BCUT2D eigenvalue weighted by Gasteiger charge is 2.30. The Bertz CT molecular complexity index is 200. The van der Waals surface area contributed by atoms with E-state index < -0.39 is 37.6 Å². The molecule has 0 aliphatic heterocycles. The van der Waals surface area contributed by atoms with Gasteiger partial charge in [0.1, 0.15) is 0 Å². The SMILES string of the molecule is O=C(CCF)OC(=O)C(F)C(F)F.[HH]. The molecular weight excluding hydrogens is 196 g/mol. The number of alkyl halides is 4. The lowest BCUT2D eigenvalue weighted by molar-refractivity contribution is -0.167. The molecule has 3 nitrogen and oxygen atoms in total. The van der Waals surface area contributed by atoms with Crippen LogP contribution in [0, 0.1) is 0 Å². The van der Waals surface area contributed by atoms with E-state index in [2.05, 4.69) is 4.74 Å². The topological polar surface area (TPSA) is 43.4 Å². The van der Waals surface area contributed by atoms with Crippen molar-refractivity contribution >= 4 is 11.9 Å². The smallest absolute Gasteiger partial charge is 0.354 e. The summed E-state index contributed by atoms with van der Waals surface area (Å²) in [5.74, 6) is -3.36. The van der Waals surface area contributed by atoms with Crippen LogP contribution in [-0.2, 0) is 14.3 Å². The summed E-state index contributed by atoms with van der Waals surface area (Å²) in [6.07, 6.45) is -7.48. The number of rotatable bonds is 4. The van der Waals surface area contributed by atoms with Crippen molar-refractivity contribution in [2.24, 2.45) is 0 Å². The molecule has 78 valence electrons. The molecule has 0 saturated heterocycles. The van der Waals surface area contributed by atoms with Crippen molar-refractivity contribution < 1.29 is 33.3 Å². The van der Waals surface area contributed by atoms with Crippen molar-refractivity contribution in [1.29, 1.82) is 0 Å². The first-order valence-corrected chi connectivity index (χ1v) is 3.21. The molecule has 0 heterocycles. The van der Waals surface area contributed by atoms with Crippen LogP contribution in [-0.4, -0.2) is 31.2 Å². The predicted octanol–water partition coefficient (Wildman–Crippen LogP) is 1.27. The zero-order valence-corrected chi connectivity index (χ0v) is 6.31. The van der Waals surface area contributed by atoms with E-state index in [1.54, 1.807) is 0 Å². The fourth-order valence-corrected chi connectivity index (χ4v) is 0.400. The quantitative estimate of drug-likeness (QED) is 0.393. The molecule has 0 spiro atoms. The van der Waals surface area contributed by atoms with Crippen LogP contribution in [0.15, 0.2) is 0 Å². The maximum atomic E-state index is 12.0. The van der Waals surface area contributed by atoms with Gasteiger partial charge in [-0.2, -0.15) is 0 Å². The van der Waals surface area contributed by atoms with Crippen molar-refractivity contribution in [3.63, 3.8) is 0 Å². The Balaban J connectivity index is 0. The van der Waals surface area contributed by atoms with Gasteiger partial charge in [-0.1, -0.05) is 0 Å². The molecule has 0 rings (SSSR count). The van der Waals surface area contributed by atoms with Gasteiger partial charge in [-0.05, 0) is 0 Å². The molecule has 7 heteroatoms. The normalized spacial score (nSPS) is 12.7. The highest BCUT2D eigenvalue weighted by atomic mass is 19.3. The lowest BCUT2D eigenvalue weighted by Gasteiger charge is -2.04. The van der Waals surface area contributed by atoms with Crippen molar-refractivity contribution in [3.8, 4) is 0 Å².